The van der Waals surface area contributed by atoms with E-state index in [9.17, 15) is 10.1 Å². The summed E-state index contributed by atoms with van der Waals surface area (Å²) in [6, 6.07) is 22.4. The third-order valence-electron chi connectivity index (χ3n) is 5.88. The number of benzene rings is 3. The maximum absolute atomic E-state index is 12.7. The molecule has 1 aliphatic heterocycles. The van der Waals surface area contributed by atoms with Crippen LogP contribution >= 0.6 is 0 Å². The van der Waals surface area contributed by atoms with E-state index in [-0.39, 0.29) is 11.8 Å². The summed E-state index contributed by atoms with van der Waals surface area (Å²) in [7, 11) is 0. The van der Waals surface area contributed by atoms with Crippen molar-refractivity contribution >= 4 is 5.97 Å². The van der Waals surface area contributed by atoms with E-state index in [0.29, 0.717) is 40.9 Å². The van der Waals surface area contributed by atoms with Crippen LogP contribution in [0, 0.1) is 11.3 Å². The second-order valence-corrected chi connectivity index (χ2v) is 8.71. The Bertz CT molecular complexity index is 1300. The van der Waals surface area contributed by atoms with Crippen LogP contribution < -0.4 is 19.9 Å². The number of ether oxygens (including phenoxy) is 3. The van der Waals surface area contributed by atoms with Crippen molar-refractivity contribution in [2.24, 2.45) is 5.73 Å². The number of hydrogen-bond acceptors (Lipinski definition) is 6. The number of allylic oxidation sites excluding steroid dienone is 1. The highest BCUT2D eigenvalue weighted by Crippen LogP contribution is 2.43. The zero-order valence-electron chi connectivity index (χ0n) is 20.1. The van der Waals surface area contributed by atoms with E-state index >= 15 is 0 Å². The number of carbonyl (C=O) groups is 1. The summed E-state index contributed by atoms with van der Waals surface area (Å²) in [4.78, 5) is 12.7. The van der Waals surface area contributed by atoms with Crippen LogP contribution in [0.1, 0.15) is 66.1 Å². The van der Waals surface area contributed by atoms with Gasteiger partial charge in [0.15, 0.2) is 0 Å². The Morgan fingerprint density at radius 2 is 1.86 bits per heavy atom. The van der Waals surface area contributed by atoms with Gasteiger partial charge < -0.3 is 19.9 Å². The van der Waals surface area contributed by atoms with Gasteiger partial charge in [-0.15, -0.1) is 0 Å². The lowest BCUT2D eigenvalue weighted by molar-refractivity contribution is 0.0734. The normalized spacial score (nSPS) is 14.7. The molecule has 0 radical (unpaired) electrons. The fourth-order valence-corrected chi connectivity index (χ4v) is 4.01. The van der Waals surface area contributed by atoms with Crippen molar-refractivity contribution in [1.29, 1.82) is 5.26 Å². The van der Waals surface area contributed by atoms with E-state index in [2.05, 4.69) is 32.0 Å². The van der Waals surface area contributed by atoms with E-state index < -0.39 is 5.97 Å². The van der Waals surface area contributed by atoms with Crippen LogP contribution in [-0.4, -0.2) is 12.6 Å². The highest BCUT2D eigenvalue weighted by molar-refractivity contribution is 5.91. The molecule has 6 nitrogen and oxygen atoms in total. The number of nitrogens with zero attached hydrogens (tertiary/aromatic N) is 1. The standard InChI is InChI=1S/C29H28N2O4/c1-4-14-33-22-7-5-6-21(15-22)29(32)34-23-12-13-24-26(16-23)35-28(31)25(17-30)27(24)20-10-8-19(9-11-20)18(2)3/h5-13,15-16,18,27H,4,14,31H2,1-3H3. The predicted octanol–water partition coefficient (Wildman–Crippen LogP) is 6.04. The highest BCUT2D eigenvalue weighted by atomic mass is 16.5. The van der Waals surface area contributed by atoms with Crippen molar-refractivity contribution in [3.63, 3.8) is 0 Å². The first kappa shape index (κ1) is 23.9. The van der Waals surface area contributed by atoms with Gasteiger partial charge in [0.1, 0.15) is 28.9 Å². The Labute approximate surface area is 205 Å². The van der Waals surface area contributed by atoms with Crippen molar-refractivity contribution < 1.29 is 19.0 Å². The van der Waals surface area contributed by atoms with Crippen LogP contribution in [0.25, 0.3) is 0 Å². The van der Waals surface area contributed by atoms with Gasteiger partial charge in [-0.2, -0.15) is 5.26 Å². The van der Waals surface area contributed by atoms with Crippen LogP contribution in [-0.2, 0) is 0 Å². The Hall–Kier alpha value is -4.24. The molecule has 0 saturated carbocycles. The zero-order valence-corrected chi connectivity index (χ0v) is 20.1. The first-order chi connectivity index (χ1) is 16.9. The quantitative estimate of drug-likeness (QED) is 0.336. The number of carbonyl (C=O) groups excluding carboxylic acids is 1. The number of rotatable bonds is 7. The maximum atomic E-state index is 12.7. The van der Waals surface area contributed by atoms with Gasteiger partial charge in [-0.3, -0.25) is 0 Å². The van der Waals surface area contributed by atoms with Crippen molar-refractivity contribution in [3.05, 3.63) is 100 Å². The third-order valence-corrected chi connectivity index (χ3v) is 5.88. The fourth-order valence-electron chi connectivity index (χ4n) is 4.01. The van der Waals surface area contributed by atoms with E-state index in [1.165, 1.54) is 5.56 Å². The highest BCUT2D eigenvalue weighted by Gasteiger charge is 2.31. The van der Waals surface area contributed by atoms with E-state index in [4.69, 9.17) is 19.9 Å². The molecule has 0 aromatic heterocycles. The molecule has 178 valence electrons. The van der Waals surface area contributed by atoms with Crippen LogP contribution in [0.5, 0.6) is 17.2 Å². The molecule has 3 aromatic carbocycles. The fraction of sp³-hybridized carbons (Fsp3) is 0.241. The van der Waals surface area contributed by atoms with Gasteiger partial charge in [-0.1, -0.05) is 57.2 Å². The lowest BCUT2D eigenvalue weighted by Gasteiger charge is -2.27. The minimum atomic E-state index is -0.509. The van der Waals surface area contributed by atoms with Gasteiger partial charge >= 0.3 is 5.97 Å². The summed E-state index contributed by atoms with van der Waals surface area (Å²) in [5.74, 6) is 0.941. The number of nitriles is 1. The van der Waals surface area contributed by atoms with Gasteiger partial charge in [-0.05, 0) is 47.7 Å². The molecule has 4 rings (SSSR count). The van der Waals surface area contributed by atoms with Gasteiger partial charge in [0, 0.05) is 11.6 Å². The Balaban J connectivity index is 1.61. The van der Waals surface area contributed by atoms with Gasteiger partial charge in [0.05, 0.1) is 18.1 Å². The summed E-state index contributed by atoms with van der Waals surface area (Å²) < 4.78 is 17.0. The molecule has 0 fully saturated rings. The minimum Gasteiger partial charge on any atom is -0.494 e. The average Bonchev–Trinajstić information content (AvgIpc) is 2.86. The molecule has 2 N–H and O–H groups in total. The first-order valence-electron chi connectivity index (χ1n) is 11.7. The molecule has 0 bridgehead atoms. The lowest BCUT2D eigenvalue weighted by atomic mass is 9.83. The Morgan fingerprint density at radius 3 is 2.54 bits per heavy atom. The van der Waals surface area contributed by atoms with Crippen molar-refractivity contribution in [1.82, 2.24) is 0 Å². The molecule has 3 aromatic rings. The molecule has 0 amide bonds. The second kappa shape index (κ2) is 10.4. The van der Waals surface area contributed by atoms with E-state index in [1.807, 2.05) is 25.1 Å². The van der Waals surface area contributed by atoms with Gasteiger partial charge in [-0.25, -0.2) is 4.79 Å². The Kier molecular flexibility index (Phi) is 7.07. The first-order valence-corrected chi connectivity index (χ1v) is 11.7. The molecule has 1 unspecified atom stereocenters. The topological polar surface area (TPSA) is 94.6 Å². The third kappa shape index (κ3) is 5.15. The second-order valence-electron chi connectivity index (χ2n) is 8.71. The molecule has 35 heavy (non-hydrogen) atoms. The summed E-state index contributed by atoms with van der Waals surface area (Å²) in [5.41, 5.74) is 9.78. The number of esters is 1. The molecule has 1 aliphatic rings. The SMILES string of the molecule is CCCOc1cccc(C(=O)Oc2ccc3c(c2)OC(N)=C(C#N)C3c2ccc(C(C)C)cc2)c1. The van der Waals surface area contributed by atoms with Crippen LogP contribution in [0.2, 0.25) is 0 Å². The lowest BCUT2D eigenvalue weighted by Crippen LogP contribution is -2.21. The van der Waals surface area contributed by atoms with Crippen LogP contribution in [0.3, 0.4) is 0 Å². The van der Waals surface area contributed by atoms with E-state index in [1.54, 1.807) is 36.4 Å². The summed E-state index contributed by atoms with van der Waals surface area (Å²) in [6.45, 7) is 6.86. The molecule has 0 spiro atoms. The number of fused-ring (bicyclic) bond motifs is 1. The molecule has 0 aliphatic carbocycles. The van der Waals surface area contributed by atoms with Crippen molar-refractivity contribution in [3.8, 4) is 23.3 Å². The molecule has 0 saturated heterocycles. The molecular weight excluding hydrogens is 440 g/mol. The number of nitrogens with two attached hydrogens (primary N) is 1. The number of hydrogen-bond donors (Lipinski definition) is 1. The zero-order chi connectivity index (χ0) is 24.9. The average molecular weight is 469 g/mol. The summed E-state index contributed by atoms with van der Waals surface area (Å²) in [6.07, 6.45) is 0.873. The van der Waals surface area contributed by atoms with Crippen LogP contribution in [0.15, 0.2) is 78.2 Å². The van der Waals surface area contributed by atoms with Gasteiger partial charge in [0.2, 0.25) is 5.88 Å². The smallest absolute Gasteiger partial charge is 0.343 e. The molecule has 6 heteroatoms. The van der Waals surface area contributed by atoms with E-state index in [0.717, 1.165) is 17.5 Å². The van der Waals surface area contributed by atoms with Crippen molar-refractivity contribution in [2.45, 2.75) is 39.0 Å². The minimum absolute atomic E-state index is 0.0437. The van der Waals surface area contributed by atoms with Crippen molar-refractivity contribution in [2.75, 3.05) is 6.61 Å². The molecular formula is C29H28N2O4. The summed E-state index contributed by atoms with van der Waals surface area (Å²) >= 11 is 0. The molecule has 1 atom stereocenters. The van der Waals surface area contributed by atoms with Gasteiger partial charge in [0.25, 0.3) is 0 Å². The van der Waals surface area contributed by atoms with Crippen LogP contribution in [0.4, 0.5) is 0 Å². The Morgan fingerprint density at radius 1 is 1.09 bits per heavy atom. The largest absolute Gasteiger partial charge is 0.494 e. The monoisotopic (exact) mass is 468 g/mol. The molecule has 1 heterocycles. The summed E-state index contributed by atoms with van der Waals surface area (Å²) in [5, 5.41) is 9.79. The predicted molar refractivity (Wildman–Crippen MR) is 133 cm³/mol. The maximum Gasteiger partial charge on any atom is 0.343 e.